The Morgan fingerprint density at radius 1 is 1.16 bits per heavy atom. The number of carbonyl (C=O) groups is 2. The van der Waals surface area contributed by atoms with Crippen molar-refractivity contribution in [3.8, 4) is 5.75 Å². The quantitative estimate of drug-likeness (QED) is 0.806. The normalized spacial score (nSPS) is 10.2. The van der Waals surface area contributed by atoms with Gasteiger partial charge in [-0.05, 0) is 29.8 Å². The summed E-state index contributed by atoms with van der Waals surface area (Å²) >= 11 is 0. The summed E-state index contributed by atoms with van der Waals surface area (Å²) in [5.41, 5.74) is 6.35. The first-order chi connectivity index (χ1) is 12.0. The van der Waals surface area contributed by atoms with E-state index in [1.807, 2.05) is 0 Å². The van der Waals surface area contributed by atoms with Crippen LogP contribution in [0.4, 0.5) is 9.18 Å². The second kappa shape index (κ2) is 8.68. The Hall–Kier alpha value is -3.09. The summed E-state index contributed by atoms with van der Waals surface area (Å²) in [6.07, 6.45) is 0. The molecular weight excluding hydrogens is 325 g/mol. The lowest BCUT2D eigenvalue weighted by atomic mass is 10.1. The van der Waals surface area contributed by atoms with Gasteiger partial charge in [-0.3, -0.25) is 4.79 Å². The van der Waals surface area contributed by atoms with Crippen molar-refractivity contribution in [2.24, 2.45) is 5.73 Å². The Morgan fingerprint density at radius 3 is 2.48 bits per heavy atom. The van der Waals surface area contributed by atoms with Crippen LogP contribution in [0.5, 0.6) is 5.75 Å². The van der Waals surface area contributed by atoms with Crippen molar-refractivity contribution in [3.05, 3.63) is 65.5 Å². The lowest BCUT2D eigenvalue weighted by molar-refractivity contribution is 0.0773. The highest BCUT2D eigenvalue weighted by Crippen LogP contribution is 2.15. The maximum Gasteiger partial charge on any atom is 0.312 e. The van der Waals surface area contributed by atoms with Crippen LogP contribution >= 0.6 is 0 Å². The molecule has 6 nitrogen and oxygen atoms in total. The number of rotatable bonds is 7. The highest BCUT2D eigenvalue weighted by molar-refractivity contribution is 5.94. The standard InChI is InChI=1S/C18H20FN3O3/c1-22(10-11-25-16-5-3-2-4-15(16)19)17(23)14-8-6-13(7-9-14)12-21-18(20)24/h2-9H,10-12H2,1H3,(H3,20,21,24). The first kappa shape index (κ1) is 18.3. The molecule has 0 bridgehead atoms. The van der Waals surface area contributed by atoms with Crippen molar-refractivity contribution in [1.29, 1.82) is 0 Å². The Labute approximate surface area is 145 Å². The molecule has 0 spiro atoms. The van der Waals surface area contributed by atoms with E-state index >= 15 is 0 Å². The van der Waals surface area contributed by atoms with Gasteiger partial charge in [0.2, 0.25) is 0 Å². The topological polar surface area (TPSA) is 84.7 Å². The van der Waals surface area contributed by atoms with Crippen LogP contribution in [0, 0.1) is 5.82 Å². The van der Waals surface area contributed by atoms with Crippen LogP contribution in [-0.2, 0) is 6.54 Å². The Balaban J connectivity index is 1.84. The predicted molar refractivity (Wildman–Crippen MR) is 91.7 cm³/mol. The molecule has 132 valence electrons. The minimum Gasteiger partial charge on any atom is -0.489 e. The van der Waals surface area contributed by atoms with Crippen molar-refractivity contribution in [1.82, 2.24) is 10.2 Å². The third-order valence-electron chi connectivity index (χ3n) is 3.54. The zero-order valence-electron chi connectivity index (χ0n) is 13.9. The van der Waals surface area contributed by atoms with Gasteiger partial charge < -0.3 is 20.7 Å². The van der Waals surface area contributed by atoms with Crippen LogP contribution < -0.4 is 15.8 Å². The van der Waals surface area contributed by atoms with E-state index in [9.17, 15) is 14.0 Å². The van der Waals surface area contributed by atoms with Crippen LogP contribution in [0.2, 0.25) is 0 Å². The van der Waals surface area contributed by atoms with Crippen LogP contribution in [0.3, 0.4) is 0 Å². The lowest BCUT2D eigenvalue weighted by Gasteiger charge is -2.18. The van der Waals surface area contributed by atoms with E-state index in [1.54, 1.807) is 43.4 Å². The van der Waals surface area contributed by atoms with Gasteiger partial charge >= 0.3 is 6.03 Å². The zero-order chi connectivity index (χ0) is 18.2. The molecule has 0 saturated carbocycles. The number of carbonyl (C=O) groups excluding carboxylic acids is 2. The molecule has 2 aromatic carbocycles. The monoisotopic (exact) mass is 345 g/mol. The summed E-state index contributed by atoms with van der Waals surface area (Å²) in [7, 11) is 1.65. The van der Waals surface area contributed by atoms with E-state index in [1.165, 1.54) is 17.0 Å². The number of likely N-dealkylation sites (N-methyl/N-ethyl adjacent to an activating group) is 1. The minimum absolute atomic E-state index is 0.162. The molecule has 0 radical (unpaired) electrons. The number of benzene rings is 2. The molecule has 0 aliphatic carbocycles. The highest BCUT2D eigenvalue weighted by atomic mass is 19.1. The van der Waals surface area contributed by atoms with Crippen LogP contribution in [0.1, 0.15) is 15.9 Å². The van der Waals surface area contributed by atoms with Gasteiger partial charge in [-0.15, -0.1) is 0 Å². The van der Waals surface area contributed by atoms with Crippen molar-refractivity contribution < 1.29 is 18.7 Å². The van der Waals surface area contributed by atoms with Crippen LogP contribution in [-0.4, -0.2) is 37.0 Å². The largest absolute Gasteiger partial charge is 0.489 e. The lowest BCUT2D eigenvalue weighted by Crippen LogP contribution is -2.31. The molecule has 0 atom stereocenters. The number of para-hydroxylation sites is 1. The van der Waals surface area contributed by atoms with E-state index in [2.05, 4.69) is 5.32 Å². The first-order valence-corrected chi connectivity index (χ1v) is 7.72. The third-order valence-corrected chi connectivity index (χ3v) is 3.54. The maximum absolute atomic E-state index is 13.4. The Bertz CT molecular complexity index is 735. The van der Waals surface area contributed by atoms with Crippen molar-refractivity contribution in [2.45, 2.75) is 6.54 Å². The molecular formula is C18H20FN3O3. The number of amides is 3. The van der Waals surface area contributed by atoms with Gasteiger partial charge in [0.05, 0.1) is 6.54 Å². The maximum atomic E-state index is 13.4. The molecule has 0 unspecified atom stereocenters. The number of ether oxygens (including phenoxy) is 1. The van der Waals surface area contributed by atoms with Crippen molar-refractivity contribution in [2.75, 3.05) is 20.2 Å². The zero-order valence-corrected chi connectivity index (χ0v) is 13.9. The molecule has 25 heavy (non-hydrogen) atoms. The summed E-state index contributed by atoms with van der Waals surface area (Å²) in [5, 5.41) is 2.48. The number of nitrogens with one attached hydrogen (secondary N) is 1. The molecule has 0 saturated heterocycles. The first-order valence-electron chi connectivity index (χ1n) is 7.72. The molecule has 3 N–H and O–H groups in total. The number of nitrogens with zero attached hydrogens (tertiary/aromatic N) is 1. The fraction of sp³-hybridized carbons (Fsp3) is 0.222. The minimum atomic E-state index is -0.602. The van der Waals surface area contributed by atoms with Crippen LogP contribution in [0.25, 0.3) is 0 Å². The molecule has 0 heterocycles. The highest BCUT2D eigenvalue weighted by Gasteiger charge is 2.12. The van der Waals surface area contributed by atoms with E-state index < -0.39 is 11.8 Å². The average Bonchev–Trinajstić information content (AvgIpc) is 2.61. The van der Waals surface area contributed by atoms with Crippen molar-refractivity contribution in [3.63, 3.8) is 0 Å². The summed E-state index contributed by atoms with van der Waals surface area (Å²) in [6.45, 7) is 0.804. The summed E-state index contributed by atoms with van der Waals surface area (Å²) < 4.78 is 18.8. The van der Waals surface area contributed by atoms with Gasteiger partial charge in [0, 0.05) is 19.2 Å². The number of nitrogens with two attached hydrogens (primary N) is 1. The van der Waals surface area contributed by atoms with Gasteiger partial charge in [-0.2, -0.15) is 0 Å². The summed E-state index contributed by atoms with van der Waals surface area (Å²) in [6, 6.07) is 12.4. The molecule has 2 aromatic rings. The number of halogens is 1. The smallest absolute Gasteiger partial charge is 0.312 e. The SMILES string of the molecule is CN(CCOc1ccccc1F)C(=O)c1ccc(CNC(N)=O)cc1. The summed E-state index contributed by atoms with van der Waals surface area (Å²) in [4.78, 5) is 24.5. The van der Waals surface area contributed by atoms with E-state index in [0.717, 1.165) is 5.56 Å². The number of primary amides is 1. The fourth-order valence-corrected chi connectivity index (χ4v) is 2.13. The van der Waals surface area contributed by atoms with Gasteiger partial charge in [-0.25, -0.2) is 9.18 Å². The van der Waals surface area contributed by atoms with Gasteiger partial charge in [0.15, 0.2) is 11.6 Å². The second-order valence-corrected chi connectivity index (χ2v) is 5.42. The van der Waals surface area contributed by atoms with E-state index in [4.69, 9.17) is 10.5 Å². The fourth-order valence-electron chi connectivity index (χ4n) is 2.13. The molecule has 0 aromatic heterocycles. The van der Waals surface area contributed by atoms with Crippen LogP contribution in [0.15, 0.2) is 48.5 Å². The number of hydrogen-bond acceptors (Lipinski definition) is 3. The van der Waals surface area contributed by atoms with E-state index in [-0.39, 0.29) is 18.3 Å². The van der Waals surface area contributed by atoms with Crippen molar-refractivity contribution >= 4 is 11.9 Å². The van der Waals surface area contributed by atoms with Gasteiger partial charge in [0.1, 0.15) is 6.61 Å². The Morgan fingerprint density at radius 2 is 1.84 bits per heavy atom. The average molecular weight is 345 g/mol. The molecule has 2 rings (SSSR count). The van der Waals surface area contributed by atoms with E-state index in [0.29, 0.717) is 18.7 Å². The molecule has 7 heteroatoms. The Kier molecular flexibility index (Phi) is 6.33. The molecule has 0 fully saturated rings. The molecule has 0 aliphatic heterocycles. The molecule has 0 aliphatic rings. The summed E-state index contributed by atoms with van der Waals surface area (Å²) in [5.74, 6) is -0.446. The predicted octanol–water partition coefficient (Wildman–Crippen LogP) is 2.15. The second-order valence-electron chi connectivity index (χ2n) is 5.42. The van der Waals surface area contributed by atoms with Gasteiger partial charge in [0.25, 0.3) is 5.91 Å². The third kappa shape index (κ3) is 5.49. The number of urea groups is 1. The van der Waals surface area contributed by atoms with Gasteiger partial charge in [-0.1, -0.05) is 24.3 Å². The number of hydrogen-bond donors (Lipinski definition) is 2. The molecule has 3 amide bonds.